The molecule has 1 aliphatic rings. The first-order valence-corrected chi connectivity index (χ1v) is 7.47. The van der Waals surface area contributed by atoms with Crippen LogP contribution in [0.25, 0.3) is 0 Å². The van der Waals surface area contributed by atoms with E-state index in [1.807, 2.05) is 0 Å². The Kier molecular flexibility index (Phi) is 4.96. The van der Waals surface area contributed by atoms with E-state index in [4.69, 9.17) is 0 Å². The molecule has 0 atom stereocenters. The van der Waals surface area contributed by atoms with Gasteiger partial charge >= 0.3 is 6.18 Å². The molecule has 0 aliphatic heterocycles. The van der Waals surface area contributed by atoms with Crippen LogP contribution in [0, 0.1) is 0 Å². The van der Waals surface area contributed by atoms with Crippen molar-refractivity contribution in [2.75, 3.05) is 18.1 Å². The number of aliphatic hydroxyl groups excluding tert-OH is 1. The molecule has 0 bridgehead atoms. The van der Waals surface area contributed by atoms with Gasteiger partial charge in [-0.05, 0) is 31.0 Å². The molecule has 0 amide bonds. The molecule has 0 unspecified atom stereocenters. The van der Waals surface area contributed by atoms with Crippen molar-refractivity contribution in [3.63, 3.8) is 0 Å². The molecule has 0 aromatic heterocycles. The van der Waals surface area contributed by atoms with Gasteiger partial charge in [0.1, 0.15) is 0 Å². The maximum Gasteiger partial charge on any atom is 0.418 e. The Hall–Kier alpha value is -0.750. The Morgan fingerprint density at radius 3 is 2.45 bits per heavy atom. The van der Waals surface area contributed by atoms with Gasteiger partial charge < -0.3 is 10.0 Å². The van der Waals surface area contributed by atoms with Crippen LogP contribution in [0.15, 0.2) is 22.7 Å². The van der Waals surface area contributed by atoms with Crippen molar-refractivity contribution in [2.45, 2.75) is 37.9 Å². The van der Waals surface area contributed by atoms with Crippen molar-refractivity contribution in [3.05, 3.63) is 28.2 Å². The number of alkyl halides is 3. The van der Waals surface area contributed by atoms with Gasteiger partial charge in [-0.3, -0.25) is 0 Å². The first-order valence-electron chi connectivity index (χ1n) is 6.67. The number of halogens is 4. The molecule has 112 valence electrons. The second-order valence-electron chi connectivity index (χ2n) is 5.01. The largest absolute Gasteiger partial charge is 0.418 e. The average Bonchev–Trinajstić information content (AvgIpc) is 2.89. The van der Waals surface area contributed by atoms with E-state index < -0.39 is 11.7 Å². The molecule has 1 N–H and O–H groups in total. The van der Waals surface area contributed by atoms with Gasteiger partial charge in [0, 0.05) is 22.7 Å². The fourth-order valence-electron chi connectivity index (χ4n) is 2.81. The molecule has 20 heavy (non-hydrogen) atoms. The highest BCUT2D eigenvalue weighted by Gasteiger charge is 2.36. The first kappa shape index (κ1) is 15.6. The Morgan fingerprint density at radius 1 is 1.25 bits per heavy atom. The number of anilines is 1. The topological polar surface area (TPSA) is 23.5 Å². The zero-order valence-electron chi connectivity index (χ0n) is 11.0. The molecule has 6 heteroatoms. The van der Waals surface area contributed by atoms with E-state index in [0.29, 0.717) is 4.47 Å². The van der Waals surface area contributed by atoms with E-state index in [-0.39, 0.29) is 24.9 Å². The predicted octanol–water partition coefficient (Wildman–Crippen LogP) is 4.21. The van der Waals surface area contributed by atoms with Gasteiger partial charge in [0.05, 0.1) is 12.2 Å². The van der Waals surface area contributed by atoms with Gasteiger partial charge in [-0.1, -0.05) is 28.8 Å². The molecule has 1 saturated carbocycles. The smallest absolute Gasteiger partial charge is 0.395 e. The van der Waals surface area contributed by atoms with Crippen LogP contribution in [0.5, 0.6) is 0 Å². The number of rotatable bonds is 4. The van der Waals surface area contributed by atoms with Gasteiger partial charge in [0.25, 0.3) is 0 Å². The zero-order valence-corrected chi connectivity index (χ0v) is 12.5. The van der Waals surface area contributed by atoms with Gasteiger partial charge in [-0.2, -0.15) is 13.2 Å². The lowest BCUT2D eigenvalue weighted by Crippen LogP contribution is -2.37. The predicted molar refractivity (Wildman–Crippen MR) is 75.8 cm³/mol. The van der Waals surface area contributed by atoms with E-state index in [0.717, 1.165) is 31.7 Å². The molecule has 0 spiro atoms. The second kappa shape index (κ2) is 6.35. The van der Waals surface area contributed by atoms with Crippen LogP contribution in [-0.4, -0.2) is 24.3 Å². The van der Waals surface area contributed by atoms with E-state index in [1.54, 1.807) is 11.0 Å². The third-order valence-electron chi connectivity index (χ3n) is 3.68. The highest BCUT2D eigenvalue weighted by atomic mass is 79.9. The van der Waals surface area contributed by atoms with Crippen LogP contribution >= 0.6 is 15.9 Å². The molecule has 0 saturated heterocycles. The first-order chi connectivity index (χ1) is 9.43. The summed E-state index contributed by atoms with van der Waals surface area (Å²) in [5.74, 6) is 0. The van der Waals surface area contributed by atoms with Crippen LogP contribution in [0.3, 0.4) is 0 Å². The molecule has 0 radical (unpaired) electrons. The highest BCUT2D eigenvalue weighted by Crippen LogP contribution is 2.40. The Balaban J connectivity index is 2.41. The molecule has 1 aromatic rings. The number of benzene rings is 1. The standard InChI is InChI=1S/C14H17BrF3NO/c15-10-5-6-13(12(9-10)14(16,17)18)19(7-8-20)11-3-1-2-4-11/h5-6,9,11,20H,1-4,7-8H2. The lowest BCUT2D eigenvalue weighted by Gasteiger charge is -2.32. The van der Waals surface area contributed by atoms with Crippen molar-refractivity contribution in [3.8, 4) is 0 Å². The fraction of sp³-hybridized carbons (Fsp3) is 0.571. The minimum atomic E-state index is -4.40. The third-order valence-corrected chi connectivity index (χ3v) is 4.17. The van der Waals surface area contributed by atoms with Gasteiger partial charge in [-0.15, -0.1) is 0 Å². The van der Waals surface area contributed by atoms with Gasteiger partial charge in [-0.25, -0.2) is 0 Å². The molecule has 1 fully saturated rings. The summed E-state index contributed by atoms with van der Waals surface area (Å²) in [7, 11) is 0. The van der Waals surface area contributed by atoms with Crippen LogP contribution in [0.4, 0.5) is 18.9 Å². The SMILES string of the molecule is OCCN(c1ccc(Br)cc1C(F)(F)F)C1CCCC1. The van der Waals surface area contributed by atoms with Crippen LogP contribution in [0.1, 0.15) is 31.2 Å². The summed E-state index contributed by atoms with van der Waals surface area (Å²) < 4.78 is 40.0. The summed E-state index contributed by atoms with van der Waals surface area (Å²) in [6.45, 7) is 0.0826. The Bertz CT molecular complexity index is 458. The Morgan fingerprint density at radius 2 is 1.90 bits per heavy atom. The summed E-state index contributed by atoms with van der Waals surface area (Å²) in [4.78, 5) is 1.71. The normalized spacial score (nSPS) is 16.6. The monoisotopic (exact) mass is 351 g/mol. The number of hydrogen-bond donors (Lipinski definition) is 1. The van der Waals surface area contributed by atoms with Crippen molar-refractivity contribution in [2.24, 2.45) is 0 Å². The van der Waals surface area contributed by atoms with E-state index in [2.05, 4.69) is 15.9 Å². The number of nitrogens with zero attached hydrogens (tertiary/aromatic N) is 1. The highest BCUT2D eigenvalue weighted by molar-refractivity contribution is 9.10. The summed E-state index contributed by atoms with van der Waals surface area (Å²) in [5, 5.41) is 9.17. The maximum atomic E-state index is 13.2. The minimum absolute atomic E-state index is 0.0874. The minimum Gasteiger partial charge on any atom is -0.395 e. The van der Waals surface area contributed by atoms with Crippen molar-refractivity contribution < 1.29 is 18.3 Å². The molecule has 2 nitrogen and oxygen atoms in total. The summed E-state index contributed by atoms with van der Waals surface area (Å²) in [5.41, 5.74) is -0.478. The van der Waals surface area contributed by atoms with Gasteiger partial charge in [0.2, 0.25) is 0 Å². The molecule has 0 heterocycles. The fourth-order valence-corrected chi connectivity index (χ4v) is 3.17. The molecular formula is C14H17BrF3NO. The van der Waals surface area contributed by atoms with E-state index in [1.165, 1.54) is 6.07 Å². The lowest BCUT2D eigenvalue weighted by molar-refractivity contribution is -0.137. The van der Waals surface area contributed by atoms with Crippen LogP contribution in [-0.2, 0) is 6.18 Å². The molecule has 1 aliphatic carbocycles. The van der Waals surface area contributed by atoms with Gasteiger partial charge in [0.15, 0.2) is 0 Å². The Labute approximate surface area is 124 Å². The second-order valence-corrected chi connectivity index (χ2v) is 5.93. The van der Waals surface area contributed by atoms with Crippen LogP contribution < -0.4 is 4.90 Å². The lowest BCUT2D eigenvalue weighted by atomic mass is 10.1. The molecular weight excluding hydrogens is 335 g/mol. The third kappa shape index (κ3) is 3.47. The zero-order chi connectivity index (χ0) is 14.8. The number of aliphatic hydroxyl groups is 1. The van der Waals surface area contributed by atoms with Crippen LogP contribution in [0.2, 0.25) is 0 Å². The molecule has 2 rings (SSSR count). The van der Waals surface area contributed by atoms with E-state index in [9.17, 15) is 18.3 Å². The van der Waals surface area contributed by atoms with Crippen molar-refractivity contribution in [1.82, 2.24) is 0 Å². The van der Waals surface area contributed by atoms with Crippen molar-refractivity contribution in [1.29, 1.82) is 0 Å². The maximum absolute atomic E-state index is 13.2. The van der Waals surface area contributed by atoms with E-state index >= 15 is 0 Å². The summed E-state index contributed by atoms with van der Waals surface area (Å²) in [6, 6.07) is 4.30. The van der Waals surface area contributed by atoms with Crippen molar-refractivity contribution >= 4 is 21.6 Å². The molecule has 1 aromatic carbocycles. The summed E-state index contributed by atoms with van der Waals surface area (Å²) in [6.07, 6.45) is -0.568. The quantitative estimate of drug-likeness (QED) is 0.878. The average molecular weight is 352 g/mol. The summed E-state index contributed by atoms with van der Waals surface area (Å²) >= 11 is 3.09. The number of hydrogen-bond acceptors (Lipinski definition) is 2.